The molecule has 0 aliphatic carbocycles. The number of hydrogen-bond acceptors (Lipinski definition) is 3. The standard InChI is InChI=1S/C14H15BrN4O/c15-10-4-2-1-3-9(10)6-17-14(20)12-5-11-13(7-16-12)19-8-18-11/h1-4,8,12,16H,5-7H2,(H,17,20)(H,18,19). The molecule has 2 aromatic rings. The van der Waals surface area contributed by atoms with Crippen LogP contribution in [0.1, 0.15) is 17.0 Å². The monoisotopic (exact) mass is 334 g/mol. The number of hydrogen-bond donors (Lipinski definition) is 3. The van der Waals surface area contributed by atoms with E-state index in [0.29, 0.717) is 19.5 Å². The summed E-state index contributed by atoms with van der Waals surface area (Å²) < 4.78 is 1.01. The summed E-state index contributed by atoms with van der Waals surface area (Å²) in [4.78, 5) is 19.5. The van der Waals surface area contributed by atoms with Gasteiger partial charge in [-0.25, -0.2) is 4.98 Å². The number of carbonyl (C=O) groups is 1. The van der Waals surface area contributed by atoms with Crippen molar-refractivity contribution in [2.24, 2.45) is 0 Å². The molecule has 0 saturated carbocycles. The summed E-state index contributed by atoms with van der Waals surface area (Å²) in [6.45, 7) is 1.17. The highest BCUT2D eigenvalue weighted by Gasteiger charge is 2.25. The molecular formula is C14H15BrN4O. The number of nitrogens with one attached hydrogen (secondary N) is 3. The van der Waals surface area contributed by atoms with E-state index in [-0.39, 0.29) is 11.9 Å². The van der Waals surface area contributed by atoms with E-state index < -0.39 is 0 Å². The first-order chi connectivity index (χ1) is 9.74. The van der Waals surface area contributed by atoms with Gasteiger partial charge in [-0.3, -0.25) is 10.1 Å². The van der Waals surface area contributed by atoms with Gasteiger partial charge >= 0.3 is 0 Å². The molecule has 0 radical (unpaired) electrons. The third kappa shape index (κ3) is 2.76. The van der Waals surface area contributed by atoms with Crippen molar-refractivity contribution >= 4 is 21.8 Å². The van der Waals surface area contributed by atoms with E-state index >= 15 is 0 Å². The topological polar surface area (TPSA) is 69.8 Å². The highest BCUT2D eigenvalue weighted by molar-refractivity contribution is 9.10. The van der Waals surface area contributed by atoms with Crippen LogP contribution < -0.4 is 10.6 Å². The Bertz CT molecular complexity index is 625. The van der Waals surface area contributed by atoms with Crippen molar-refractivity contribution in [1.82, 2.24) is 20.6 Å². The molecule has 0 spiro atoms. The fourth-order valence-electron chi connectivity index (χ4n) is 2.30. The van der Waals surface area contributed by atoms with Crippen LogP contribution in [0.4, 0.5) is 0 Å². The van der Waals surface area contributed by atoms with Crippen molar-refractivity contribution in [2.45, 2.75) is 25.6 Å². The maximum Gasteiger partial charge on any atom is 0.237 e. The molecule has 5 nitrogen and oxygen atoms in total. The fraction of sp³-hybridized carbons (Fsp3) is 0.286. The zero-order chi connectivity index (χ0) is 13.9. The second-order valence-corrected chi connectivity index (χ2v) is 5.63. The minimum atomic E-state index is -0.215. The molecular weight excluding hydrogens is 320 g/mol. The Morgan fingerprint density at radius 2 is 2.30 bits per heavy atom. The Hall–Kier alpha value is -1.66. The average molecular weight is 335 g/mol. The molecule has 6 heteroatoms. The van der Waals surface area contributed by atoms with Gasteiger partial charge in [-0.1, -0.05) is 34.1 Å². The van der Waals surface area contributed by atoms with Gasteiger partial charge in [0.1, 0.15) is 0 Å². The summed E-state index contributed by atoms with van der Waals surface area (Å²) >= 11 is 3.48. The maximum absolute atomic E-state index is 12.2. The quantitative estimate of drug-likeness (QED) is 0.796. The first kappa shape index (κ1) is 13.3. The van der Waals surface area contributed by atoms with Crippen LogP contribution in [0.15, 0.2) is 35.1 Å². The molecule has 104 valence electrons. The van der Waals surface area contributed by atoms with Crippen LogP contribution >= 0.6 is 15.9 Å². The van der Waals surface area contributed by atoms with Gasteiger partial charge in [-0.15, -0.1) is 0 Å². The number of nitrogens with zero attached hydrogens (tertiary/aromatic N) is 1. The lowest BCUT2D eigenvalue weighted by Gasteiger charge is -2.22. The number of halogens is 1. The number of aromatic nitrogens is 2. The Labute approximate surface area is 125 Å². The second-order valence-electron chi connectivity index (χ2n) is 4.77. The van der Waals surface area contributed by atoms with Crippen LogP contribution in [0, 0.1) is 0 Å². The Kier molecular flexibility index (Phi) is 3.84. The molecule has 1 atom stereocenters. The number of aromatic amines is 1. The number of imidazole rings is 1. The van der Waals surface area contributed by atoms with Crippen LogP contribution in [0.2, 0.25) is 0 Å². The fourth-order valence-corrected chi connectivity index (χ4v) is 2.73. The first-order valence-electron chi connectivity index (χ1n) is 6.49. The van der Waals surface area contributed by atoms with E-state index in [9.17, 15) is 4.79 Å². The van der Waals surface area contributed by atoms with Crippen LogP contribution in [0.3, 0.4) is 0 Å². The van der Waals surface area contributed by atoms with Crippen LogP contribution in [0.5, 0.6) is 0 Å². The summed E-state index contributed by atoms with van der Waals surface area (Å²) in [5.41, 5.74) is 3.11. The van der Waals surface area contributed by atoms with Gasteiger partial charge in [0.05, 0.1) is 23.8 Å². The predicted molar refractivity (Wildman–Crippen MR) is 78.9 cm³/mol. The predicted octanol–water partition coefficient (Wildman–Crippen LogP) is 1.50. The van der Waals surface area contributed by atoms with E-state index in [1.807, 2.05) is 24.3 Å². The molecule has 1 aliphatic heterocycles. The van der Waals surface area contributed by atoms with Gasteiger partial charge in [0.15, 0.2) is 0 Å². The number of rotatable bonds is 3. The van der Waals surface area contributed by atoms with Gasteiger partial charge in [-0.2, -0.15) is 0 Å². The lowest BCUT2D eigenvalue weighted by molar-refractivity contribution is -0.123. The number of amides is 1. The van der Waals surface area contributed by atoms with E-state index in [0.717, 1.165) is 21.4 Å². The van der Waals surface area contributed by atoms with Crippen LogP contribution in [-0.2, 0) is 24.3 Å². The molecule has 1 aliphatic rings. The molecule has 0 saturated heterocycles. The number of fused-ring (bicyclic) bond motifs is 1. The molecule has 1 aromatic heterocycles. The molecule has 1 amide bonds. The van der Waals surface area contributed by atoms with Gasteiger partial charge in [-0.05, 0) is 11.6 Å². The summed E-state index contributed by atoms with van der Waals surface area (Å²) in [7, 11) is 0. The molecule has 3 rings (SSSR count). The van der Waals surface area contributed by atoms with Crippen molar-refractivity contribution < 1.29 is 4.79 Å². The third-order valence-electron chi connectivity index (χ3n) is 3.46. The molecule has 3 N–H and O–H groups in total. The summed E-state index contributed by atoms with van der Waals surface area (Å²) in [5, 5.41) is 6.18. The van der Waals surface area contributed by atoms with Crippen molar-refractivity contribution in [1.29, 1.82) is 0 Å². The zero-order valence-corrected chi connectivity index (χ0v) is 12.4. The molecule has 1 aromatic carbocycles. The van der Waals surface area contributed by atoms with E-state index in [4.69, 9.17) is 0 Å². The second kappa shape index (κ2) is 5.76. The van der Waals surface area contributed by atoms with Crippen LogP contribution in [-0.4, -0.2) is 21.9 Å². The SMILES string of the molecule is O=C(NCc1ccccc1Br)C1Cc2nc[nH]c2CN1. The lowest BCUT2D eigenvalue weighted by Crippen LogP contribution is -2.47. The maximum atomic E-state index is 12.2. The summed E-state index contributed by atoms with van der Waals surface area (Å²) in [6.07, 6.45) is 2.30. The molecule has 0 bridgehead atoms. The van der Waals surface area contributed by atoms with E-state index in [1.165, 1.54) is 0 Å². The number of benzene rings is 1. The first-order valence-corrected chi connectivity index (χ1v) is 7.29. The largest absolute Gasteiger partial charge is 0.351 e. The summed E-state index contributed by atoms with van der Waals surface area (Å²) in [5.74, 6) is 0.00871. The third-order valence-corrected chi connectivity index (χ3v) is 4.23. The smallest absolute Gasteiger partial charge is 0.237 e. The highest BCUT2D eigenvalue weighted by Crippen LogP contribution is 2.16. The van der Waals surface area contributed by atoms with Crippen LogP contribution in [0.25, 0.3) is 0 Å². The normalized spacial score (nSPS) is 17.6. The number of H-pyrrole nitrogens is 1. The average Bonchev–Trinajstić information content (AvgIpc) is 2.93. The molecule has 20 heavy (non-hydrogen) atoms. The van der Waals surface area contributed by atoms with Crippen molar-refractivity contribution in [3.8, 4) is 0 Å². The molecule has 2 heterocycles. The van der Waals surface area contributed by atoms with Crippen molar-refractivity contribution in [3.05, 3.63) is 52.0 Å². The minimum absolute atomic E-state index is 0.00871. The zero-order valence-electron chi connectivity index (χ0n) is 10.8. The van der Waals surface area contributed by atoms with E-state index in [1.54, 1.807) is 6.33 Å². The lowest BCUT2D eigenvalue weighted by atomic mass is 10.0. The minimum Gasteiger partial charge on any atom is -0.351 e. The van der Waals surface area contributed by atoms with Crippen molar-refractivity contribution in [3.63, 3.8) is 0 Å². The van der Waals surface area contributed by atoms with Gasteiger partial charge < -0.3 is 10.3 Å². The Morgan fingerprint density at radius 1 is 1.45 bits per heavy atom. The molecule has 1 unspecified atom stereocenters. The van der Waals surface area contributed by atoms with Gasteiger partial charge in [0.2, 0.25) is 5.91 Å². The van der Waals surface area contributed by atoms with Gasteiger partial charge in [0.25, 0.3) is 0 Å². The summed E-state index contributed by atoms with van der Waals surface area (Å²) in [6, 6.07) is 7.66. The molecule has 0 fully saturated rings. The van der Waals surface area contributed by atoms with Gasteiger partial charge in [0, 0.05) is 24.0 Å². The van der Waals surface area contributed by atoms with E-state index in [2.05, 4.69) is 36.5 Å². The highest BCUT2D eigenvalue weighted by atomic mass is 79.9. The Balaban J connectivity index is 1.59. The van der Waals surface area contributed by atoms with Crippen molar-refractivity contribution in [2.75, 3.05) is 0 Å². The Morgan fingerprint density at radius 3 is 3.15 bits per heavy atom. The number of carbonyl (C=O) groups excluding carboxylic acids is 1.